The molecule has 0 atom stereocenters. The van der Waals surface area contributed by atoms with Crippen molar-refractivity contribution in [2.75, 3.05) is 20.6 Å². The molecule has 6 heteroatoms. The number of nitrogens with zero attached hydrogens (tertiary/aromatic N) is 2. The van der Waals surface area contributed by atoms with Crippen molar-refractivity contribution in [2.45, 2.75) is 20.0 Å². The molecular weight excluding hydrogens is 392 g/mol. The smallest absolute Gasteiger partial charge is 0.251 e. The van der Waals surface area contributed by atoms with Crippen LogP contribution >= 0.6 is 15.9 Å². The molecule has 0 bridgehead atoms. The minimum absolute atomic E-state index is 0.0444. The van der Waals surface area contributed by atoms with Gasteiger partial charge in [0.15, 0.2) is 5.96 Å². The predicted octanol–water partition coefficient (Wildman–Crippen LogP) is 3.41. The zero-order chi connectivity index (χ0) is 18.9. The average molecular weight is 417 g/mol. The fourth-order valence-corrected chi connectivity index (χ4v) is 2.81. The van der Waals surface area contributed by atoms with E-state index >= 15 is 0 Å². The maximum Gasteiger partial charge on any atom is 0.251 e. The molecule has 0 fully saturated rings. The highest BCUT2D eigenvalue weighted by atomic mass is 79.9. The Bertz CT molecular complexity index is 741. The highest BCUT2D eigenvalue weighted by Gasteiger charge is 2.08. The molecule has 0 saturated carbocycles. The van der Waals surface area contributed by atoms with Gasteiger partial charge in [-0.2, -0.15) is 0 Å². The van der Waals surface area contributed by atoms with Gasteiger partial charge >= 0.3 is 0 Å². The van der Waals surface area contributed by atoms with Gasteiger partial charge in [0.25, 0.3) is 5.91 Å². The van der Waals surface area contributed by atoms with E-state index in [1.165, 1.54) is 5.56 Å². The zero-order valence-electron chi connectivity index (χ0n) is 15.4. The van der Waals surface area contributed by atoms with E-state index in [4.69, 9.17) is 0 Å². The lowest BCUT2D eigenvalue weighted by atomic mass is 10.1. The molecule has 0 heterocycles. The van der Waals surface area contributed by atoms with Gasteiger partial charge in [0.2, 0.25) is 0 Å². The largest absolute Gasteiger partial charge is 0.352 e. The van der Waals surface area contributed by atoms with Gasteiger partial charge in [-0.25, -0.2) is 0 Å². The van der Waals surface area contributed by atoms with Crippen LogP contribution in [0.3, 0.4) is 0 Å². The lowest BCUT2D eigenvalue weighted by Gasteiger charge is -2.22. The summed E-state index contributed by atoms with van der Waals surface area (Å²) >= 11 is 3.45. The number of benzene rings is 2. The molecule has 0 spiro atoms. The summed E-state index contributed by atoms with van der Waals surface area (Å²) in [5.74, 6) is 0.776. The minimum Gasteiger partial charge on any atom is -0.352 e. The van der Waals surface area contributed by atoms with Gasteiger partial charge in [0.1, 0.15) is 0 Å². The molecule has 26 heavy (non-hydrogen) atoms. The van der Waals surface area contributed by atoms with Gasteiger partial charge in [-0.3, -0.25) is 9.79 Å². The lowest BCUT2D eigenvalue weighted by Crippen LogP contribution is -2.38. The summed E-state index contributed by atoms with van der Waals surface area (Å²) in [6.07, 6.45) is 0. The summed E-state index contributed by atoms with van der Waals surface area (Å²) in [7, 11) is 3.79. The Hall–Kier alpha value is -2.34. The molecule has 0 unspecified atom stereocenters. The van der Waals surface area contributed by atoms with Crippen LogP contribution in [0.4, 0.5) is 0 Å². The SMILES string of the molecule is CCNC(=O)c1ccc(CNC(=NC)N(C)Cc2ccc(Br)cc2)cc1. The van der Waals surface area contributed by atoms with Crippen LogP contribution < -0.4 is 10.6 Å². The van der Waals surface area contributed by atoms with Gasteiger partial charge in [0.05, 0.1) is 0 Å². The Balaban J connectivity index is 1.91. The second-order valence-corrected chi connectivity index (χ2v) is 6.86. The van der Waals surface area contributed by atoms with Gasteiger partial charge in [-0.1, -0.05) is 40.2 Å². The highest BCUT2D eigenvalue weighted by molar-refractivity contribution is 9.10. The fourth-order valence-electron chi connectivity index (χ4n) is 2.54. The van der Waals surface area contributed by atoms with Gasteiger partial charge in [-0.15, -0.1) is 0 Å². The minimum atomic E-state index is -0.0444. The molecule has 0 saturated heterocycles. The van der Waals surface area contributed by atoms with Crippen molar-refractivity contribution in [1.82, 2.24) is 15.5 Å². The maximum atomic E-state index is 11.8. The number of nitrogens with one attached hydrogen (secondary N) is 2. The number of guanidine groups is 1. The predicted molar refractivity (Wildman–Crippen MR) is 110 cm³/mol. The van der Waals surface area contributed by atoms with Crippen LogP contribution in [-0.4, -0.2) is 37.4 Å². The second kappa shape index (κ2) is 9.97. The fraction of sp³-hybridized carbons (Fsp3) is 0.300. The molecule has 2 aromatic carbocycles. The van der Waals surface area contributed by atoms with E-state index in [0.29, 0.717) is 18.7 Å². The topological polar surface area (TPSA) is 56.7 Å². The molecular formula is C20H25BrN4O. The zero-order valence-corrected chi connectivity index (χ0v) is 17.0. The number of amides is 1. The van der Waals surface area contributed by atoms with Gasteiger partial charge in [0, 0.05) is 43.8 Å². The normalized spacial score (nSPS) is 11.2. The number of halogens is 1. The van der Waals surface area contributed by atoms with Crippen LogP contribution in [0.2, 0.25) is 0 Å². The third-order valence-corrected chi connectivity index (χ3v) is 4.44. The molecule has 0 aliphatic heterocycles. The number of carbonyl (C=O) groups is 1. The van der Waals surface area contributed by atoms with Crippen molar-refractivity contribution in [2.24, 2.45) is 4.99 Å². The van der Waals surface area contributed by atoms with Crippen molar-refractivity contribution in [3.05, 3.63) is 69.7 Å². The van der Waals surface area contributed by atoms with Crippen molar-refractivity contribution < 1.29 is 4.79 Å². The monoisotopic (exact) mass is 416 g/mol. The first kappa shape index (κ1) is 20.0. The molecule has 2 aromatic rings. The quantitative estimate of drug-likeness (QED) is 0.560. The maximum absolute atomic E-state index is 11.8. The van der Waals surface area contributed by atoms with E-state index in [9.17, 15) is 4.79 Å². The Kier molecular flexibility index (Phi) is 7.66. The second-order valence-electron chi connectivity index (χ2n) is 5.94. The first-order valence-corrected chi connectivity index (χ1v) is 9.36. The molecule has 5 nitrogen and oxygen atoms in total. The number of carbonyl (C=O) groups excluding carboxylic acids is 1. The van der Waals surface area contributed by atoms with Gasteiger partial charge < -0.3 is 15.5 Å². The first-order chi connectivity index (χ1) is 12.5. The third kappa shape index (κ3) is 5.88. The van der Waals surface area contributed by atoms with Crippen LogP contribution in [0.15, 0.2) is 58.0 Å². The van der Waals surface area contributed by atoms with Gasteiger partial charge in [-0.05, 0) is 42.3 Å². The molecule has 2 N–H and O–H groups in total. The average Bonchev–Trinajstić information content (AvgIpc) is 2.65. The molecule has 138 valence electrons. The number of aliphatic imine (C=N–C) groups is 1. The van der Waals surface area contributed by atoms with Crippen LogP contribution in [0.1, 0.15) is 28.4 Å². The number of hydrogen-bond donors (Lipinski definition) is 2. The highest BCUT2D eigenvalue weighted by Crippen LogP contribution is 2.12. The standard InChI is InChI=1S/C20H25BrN4O/c1-4-23-19(26)17-9-5-15(6-10-17)13-24-20(22-2)25(3)14-16-7-11-18(21)12-8-16/h5-12H,4,13-14H2,1-3H3,(H,22,24)(H,23,26). The molecule has 0 aliphatic rings. The van der Waals surface area contributed by atoms with Crippen molar-refractivity contribution in [3.63, 3.8) is 0 Å². The number of rotatable bonds is 6. The lowest BCUT2D eigenvalue weighted by molar-refractivity contribution is 0.0956. The molecule has 0 aromatic heterocycles. The molecule has 0 radical (unpaired) electrons. The number of hydrogen-bond acceptors (Lipinski definition) is 2. The van der Waals surface area contributed by atoms with Crippen LogP contribution in [0.25, 0.3) is 0 Å². The summed E-state index contributed by atoms with van der Waals surface area (Å²) in [6, 6.07) is 15.9. The summed E-state index contributed by atoms with van der Waals surface area (Å²) in [5.41, 5.74) is 2.98. The van der Waals surface area contributed by atoms with Crippen LogP contribution in [-0.2, 0) is 13.1 Å². The first-order valence-electron chi connectivity index (χ1n) is 8.57. The Labute approximate surface area is 163 Å². The molecule has 2 rings (SSSR count). The molecule has 1 amide bonds. The van der Waals surface area contributed by atoms with Crippen LogP contribution in [0.5, 0.6) is 0 Å². The molecule has 0 aliphatic carbocycles. The summed E-state index contributed by atoms with van der Waals surface area (Å²) in [4.78, 5) is 18.2. The Morgan fingerprint density at radius 2 is 1.65 bits per heavy atom. The van der Waals surface area contributed by atoms with Crippen molar-refractivity contribution in [1.29, 1.82) is 0 Å². The van der Waals surface area contributed by atoms with Crippen LogP contribution in [0, 0.1) is 0 Å². The van der Waals surface area contributed by atoms with Crippen molar-refractivity contribution in [3.8, 4) is 0 Å². The van der Waals surface area contributed by atoms with E-state index in [1.807, 2.05) is 50.4 Å². The van der Waals surface area contributed by atoms with E-state index in [1.54, 1.807) is 7.05 Å². The van der Waals surface area contributed by atoms with E-state index in [-0.39, 0.29) is 5.91 Å². The Morgan fingerprint density at radius 3 is 2.23 bits per heavy atom. The third-order valence-electron chi connectivity index (χ3n) is 3.91. The summed E-state index contributed by atoms with van der Waals surface area (Å²) in [6.45, 7) is 3.95. The van der Waals surface area contributed by atoms with E-state index in [0.717, 1.165) is 22.5 Å². The summed E-state index contributed by atoms with van der Waals surface area (Å²) < 4.78 is 1.07. The summed E-state index contributed by atoms with van der Waals surface area (Å²) in [5, 5.41) is 6.16. The van der Waals surface area contributed by atoms with Crippen molar-refractivity contribution >= 4 is 27.8 Å². The Morgan fingerprint density at radius 1 is 1.04 bits per heavy atom. The van der Waals surface area contributed by atoms with E-state index < -0.39 is 0 Å². The van der Waals surface area contributed by atoms with E-state index in [2.05, 4.69) is 48.6 Å².